The number of hydrogen-bond acceptors (Lipinski definition) is 2. The zero-order valence-electron chi connectivity index (χ0n) is 17.0. The molecule has 1 aliphatic rings. The molecule has 1 aliphatic heterocycles. The van der Waals surface area contributed by atoms with E-state index in [0.29, 0.717) is 6.61 Å². The zero-order chi connectivity index (χ0) is 19.3. The van der Waals surface area contributed by atoms with Crippen molar-refractivity contribution < 1.29 is 14.3 Å². The van der Waals surface area contributed by atoms with Gasteiger partial charge < -0.3 is 14.3 Å². The number of likely N-dealkylation sites (tertiary alicyclic amines) is 1. The molecule has 0 aromatic heterocycles. The first-order chi connectivity index (χ1) is 13.0. The summed E-state index contributed by atoms with van der Waals surface area (Å²) >= 11 is 0. The highest BCUT2D eigenvalue weighted by molar-refractivity contribution is 5.63. The molecule has 3 heteroatoms. The lowest BCUT2D eigenvalue weighted by Crippen LogP contribution is -2.59. The molecule has 0 amide bonds. The van der Waals surface area contributed by atoms with Crippen molar-refractivity contribution in [2.45, 2.75) is 33.3 Å². The molecule has 3 atom stereocenters. The molecular weight excluding hydrogens is 334 g/mol. The Morgan fingerprint density at radius 1 is 0.963 bits per heavy atom. The van der Waals surface area contributed by atoms with E-state index < -0.39 is 6.10 Å². The van der Waals surface area contributed by atoms with Gasteiger partial charge in [0.25, 0.3) is 0 Å². The SMILES string of the molecule is CC[N+]1(C[C@H](O)COc2ccc(-c3ccccc3)cc2)C[C@H](C)C[C@@H](C)C1. The van der Waals surface area contributed by atoms with Crippen LogP contribution in [0.2, 0.25) is 0 Å². The first-order valence-corrected chi connectivity index (χ1v) is 10.3. The van der Waals surface area contributed by atoms with Gasteiger partial charge in [-0.1, -0.05) is 56.3 Å². The smallest absolute Gasteiger partial charge is 0.137 e. The third kappa shape index (κ3) is 5.33. The zero-order valence-corrected chi connectivity index (χ0v) is 17.0. The number of aliphatic hydroxyl groups is 1. The Hall–Kier alpha value is -1.84. The fourth-order valence-corrected chi connectivity index (χ4v) is 4.84. The van der Waals surface area contributed by atoms with Crippen LogP contribution >= 0.6 is 0 Å². The number of piperidine rings is 1. The molecule has 0 radical (unpaired) electrons. The highest BCUT2D eigenvalue weighted by atomic mass is 16.5. The minimum Gasteiger partial charge on any atom is -0.491 e. The molecule has 1 saturated heterocycles. The molecule has 0 unspecified atom stereocenters. The number of likely N-dealkylation sites (N-methyl/N-ethyl adjacent to an activating group) is 1. The predicted molar refractivity (Wildman–Crippen MR) is 112 cm³/mol. The quantitative estimate of drug-likeness (QED) is 0.724. The first-order valence-electron chi connectivity index (χ1n) is 10.3. The number of quaternary nitrogens is 1. The van der Waals surface area contributed by atoms with E-state index in [0.717, 1.165) is 35.2 Å². The Morgan fingerprint density at radius 3 is 2.15 bits per heavy atom. The highest BCUT2D eigenvalue weighted by Gasteiger charge is 2.37. The van der Waals surface area contributed by atoms with Crippen molar-refractivity contribution >= 4 is 0 Å². The largest absolute Gasteiger partial charge is 0.491 e. The second kappa shape index (κ2) is 8.90. The van der Waals surface area contributed by atoms with E-state index in [1.165, 1.54) is 30.6 Å². The van der Waals surface area contributed by atoms with Crippen molar-refractivity contribution in [1.82, 2.24) is 0 Å². The lowest BCUT2D eigenvalue weighted by molar-refractivity contribution is -0.940. The molecule has 2 aromatic rings. The predicted octanol–water partition coefficient (Wildman–Crippen LogP) is 4.61. The van der Waals surface area contributed by atoms with E-state index in [-0.39, 0.29) is 0 Å². The van der Waals surface area contributed by atoms with E-state index in [1.54, 1.807) is 0 Å². The first kappa shape index (κ1) is 19.9. The maximum Gasteiger partial charge on any atom is 0.137 e. The van der Waals surface area contributed by atoms with Crippen LogP contribution in [0, 0.1) is 11.8 Å². The molecule has 146 valence electrons. The standard InChI is InChI=1S/C24H34NO2/c1-4-25(15-19(2)14-20(3)16-25)17-23(26)18-27-24-12-10-22(11-13-24)21-8-6-5-7-9-21/h5-13,19-20,23,26H,4,14-18H2,1-3H3/q+1/t19-,20-,23+/m1/s1. The van der Waals surface area contributed by atoms with Gasteiger partial charge in [0.2, 0.25) is 0 Å². The van der Waals surface area contributed by atoms with Gasteiger partial charge in [0, 0.05) is 11.8 Å². The van der Waals surface area contributed by atoms with Crippen molar-refractivity contribution in [3.8, 4) is 16.9 Å². The van der Waals surface area contributed by atoms with Crippen molar-refractivity contribution in [3.63, 3.8) is 0 Å². The lowest BCUT2D eigenvalue weighted by Gasteiger charge is -2.46. The molecule has 0 spiro atoms. The molecule has 0 aliphatic carbocycles. The molecular formula is C24H34NO2+. The Morgan fingerprint density at radius 2 is 1.56 bits per heavy atom. The van der Waals surface area contributed by atoms with E-state index in [2.05, 4.69) is 45.0 Å². The van der Waals surface area contributed by atoms with Crippen molar-refractivity contribution in [1.29, 1.82) is 0 Å². The van der Waals surface area contributed by atoms with Gasteiger partial charge in [0.05, 0.1) is 19.6 Å². The minimum atomic E-state index is -0.434. The molecule has 1 heterocycles. The molecule has 0 saturated carbocycles. The van der Waals surface area contributed by atoms with Gasteiger partial charge in [-0.2, -0.15) is 0 Å². The summed E-state index contributed by atoms with van der Waals surface area (Å²) in [5, 5.41) is 10.6. The van der Waals surface area contributed by atoms with Gasteiger partial charge in [0.15, 0.2) is 0 Å². The fraction of sp³-hybridized carbons (Fsp3) is 0.500. The van der Waals surface area contributed by atoms with Crippen LogP contribution in [-0.2, 0) is 0 Å². The lowest BCUT2D eigenvalue weighted by atomic mass is 9.89. The topological polar surface area (TPSA) is 29.5 Å². The highest BCUT2D eigenvalue weighted by Crippen LogP contribution is 2.28. The Kier molecular flexibility index (Phi) is 6.56. The van der Waals surface area contributed by atoms with E-state index in [9.17, 15) is 5.11 Å². The van der Waals surface area contributed by atoms with Gasteiger partial charge in [-0.25, -0.2) is 0 Å². The fourth-order valence-electron chi connectivity index (χ4n) is 4.84. The maximum atomic E-state index is 10.6. The summed E-state index contributed by atoms with van der Waals surface area (Å²) in [6, 6.07) is 18.5. The molecule has 1 N–H and O–H groups in total. The van der Waals surface area contributed by atoms with Crippen LogP contribution in [0.15, 0.2) is 54.6 Å². The van der Waals surface area contributed by atoms with E-state index >= 15 is 0 Å². The van der Waals surface area contributed by atoms with Crippen molar-refractivity contribution in [2.24, 2.45) is 11.8 Å². The van der Waals surface area contributed by atoms with Gasteiger partial charge >= 0.3 is 0 Å². The third-order valence-corrected chi connectivity index (χ3v) is 5.88. The number of benzene rings is 2. The summed E-state index contributed by atoms with van der Waals surface area (Å²) in [6.07, 6.45) is 0.872. The summed E-state index contributed by atoms with van der Waals surface area (Å²) in [4.78, 5) is 0. The monoisotopic (exact) mass is 368 g/mol. The van der Waals surface area contributed by atoms with Gasteiger partial charge in [-0.05, 0) is 36.6 Å². The normalized spacial score (nSPS) is 26.5. The molecule has 27 heavy (non-hydrogen) atoms. The van der Waals surface area contributed by atoms with Crippen LogP contribution in [0.25, 0.3) is 11.1 Å². The summed E-state index contributed by atoms with van der Waals surface area (Å²) < 4.78 is 6.90. The van der Waals surface area contributed by atoms with E-state index in [1.807, 2.05) is 30.3 Å². The molecule has 3 nitrogen and oxygen atoms in total. The van der Waals surface area contributed by atoms with Crippen LogP contribution < -0.4 is 4.74 Å². The van der Waals surface area contributed by atoms with Crippen LogP contribution in [0.5, 0.6) is 5.75 Å². The number of rotatable bonds is 7. The Balaban J connectivity index is 1.55. The third-order valence-electron chi connectivity index (χ3n) is 5.88. The number of aliphatic hydroxyl groups excluding tert-OH is 1. The number of ether oxygens (including phenoxy) is 1. The summed E-state index contributed by atoms with van der Waals surface area (Å²) in [7, 11) is 0. The van der Waals surface area contributed by atoms with Gasteiger partial charge in [0.1, 0.15) is 25.0 Å². The summed E-state index contributed by atoms with van der Waals surface area (Å²) in [5.41, 5.74) is 2.38. The Bertz CT molecular complexity index is 688. The molecule has 2 aromatic carbocycles. The summed E-state index contributed by atoms with van der Waals surface area (Å²) in [5.74, 6) is 2.27. The Labute approximate surface area is 164 Å². The average Bonchev–Trinajstić information content (AvgIpc) is 2.66. The van der Waals surface area contributed by atoms with Crippen LogP contribution in [0.4, 0.5) is 0 Å². The van der Waals surface area contributed by atoms with E-state index in [4.69, 9.17) is 4.74 Å². The van der Waals surface area contributed by atoms with Crippen LogP contribution in [0.3, 0.4) is 0 Å². The average molecular weight is 369 g/mol. The van der Waals surface area contributed by atoms with Gasteiger partial charge in [-0.15, -0.1) is 0 Å². The number of hydrogen-bond donors (Lipinski definition) is 1. The molecule has 3 rings (SSSR count). The maximum absolute atomic E-state index is 10.6. The van der Waals surface area contributed by atoms with Crippen molar-refractivity contribution in [2.75, 3.05) is 32.8 Å². The second-order valence-corrected chi connectivity index (χ2v) is 8.51. The van der Waals surface area contributed by atoms with Crippen LogP contribution in [-0.4, -0.2) is 48.5 Å². The van der Waals surface area contributed by atoms with Gasteiger partial charge in [-0.3, -0.25) is 0 Å². The summed E-state index contributed by atoms with van der Waals surface area (Å²) in [6.45, 7) is 11.5. The molecule has 1 fully saturated rings. The minimum absolute atomic E-state index is 0.355. The molecule has 0 bridgehead atoms. The van der Waals surface area contributed by atoms with Crippen LogP contribution in [0.1, 0.15) is 27.2 Å². The number of nitrogens with zero attached hydrogens (tertiary/aromatic N) is 1. The van der Waals surface area contributed by atoms with Crippen molar-refractivity contribution in [3.05, 3.63) is 54.6 Å². The second-order valence-electron chi connectivity index (χ2n) is 8.51.